The van der Waals surface area contributed by atoms with E-state index in [1.807, 2.05) is 0 Å². The molecule has 0 aromatic rings. The zero-order valence-corrected chi connectivity index (χ0v) is 5.63. The molecule has 0 amide bonds. The van der Waals surface area contributed by atoms with Gasteiger partial charge in [0.1, 0.15) is 0 Å². The van der Waals surface area contributed by atoms with Gasteiger partial charge in [-0.15, -0.1) is 0 Å². The zero-order chi connectivity index (χ0) is 7.49. The fourth-order valence-electron chi connectivity index (χ4n) is 0.422. The Hall–Kier alpha value is -0.590. The first-order valence-corrected chi connectivity index (χ1v) is 2.75. The maximum Gasteiger partial charge on any atom is 0.0975 e. The number of nitrogens with zero attached hydrogens (tertiary/aromatic N) is 1. The van der Waals surface area contributed by atoms with Crippen LogP contribution < -0.4 is 0 Å². The molecule has 0 radical (unpaired) electrons. The van der Waals surface area contributed by atoms with Crippen molar-refractivity contribution >= 4 is 0 Å². The van der Waals surface area contributed by atoms with Crippen LogP contribution in [0, 0.1) is 17.2 Å². The van der Waals surface area contributed by atoms with Gasteiger partial charge >= 0.3 is 0 Å². The summed E-state index contributed by atoms with van der Waals surface area (Å²) in [4.78, 5) is 0. The zero-order valence-electron chi connectivity index (χ0n) is 5.63. The molecule has 0 aliphatic heterocycles. The summed E-state index contributed by atoms with van der Waals surface area (Å²) in [6.45, 7) is 2.70. The third-order valence-corrected chi connectivity index (χ3v) is 1.19. The molecular formula is C6H11NO2. The second-order valence-electron chi connectivity index (χ2n) is 2.52. The molecule has 0 aliphatic rings. The molecule has 1 atom stereocenters. The van der Waals surface area contributed by atoms with Crippen LogP contribution in [0.15, 0.2) is 0 Å². The largest absolute Gasteiger partial charge is 0.395 e. The second kappa shape index (κ2) is 2.81. The Morgan fingerprint density at radius 2 is 2.11 bits per heavy atom. The molecule has 52 valence electrons. The summed E-state index contributed by atoms with van der Waals surface area (Å²) in [5.74, 6) is -0.683. The molecule has 0 fully saturated rings. The molecule has 0 saturated heterocycles. The quantitative estimate of drug-likeness (QED) is 0.546. The first-order chi connectivity index (χ1) is 4.02. The Morgan fingerprint density at radius 1 is 1.67 bits per heavy atom. The van der Waals surface area contributed by atoms with Crippen LogP contribution in [0.5, 0.6) is 0 Å². The van der Waals surface area contributed by atoms with Crippen molar-refractivity contribution in [2.45, 2.75) is 19.4 Å². The van der Waals surface area contributed by atoms with Crippen LogP contribution in [-0.2, 0) is 0 Å². The van der Waals surface area contributed by atoms with Gasteiger partial charge in [-0.1, -0.05) is 0 Å². The Labute approximate surface area is 54.5 Å². The van der Waals surface area contributed by atoms with E-state index in [4.69, 9.17) is 15.5 Å². The van der Waals surface area contributed by atoms with Crippen molar-refractivity contribution in [2.24, 2.45) is 5.92 Å². The lowest BCUT2D eigenvalue weighted by Gasteiger charge is -2.20. The highest BCUT2D eigenvalue weighted by Crippen LogP contribution is 2.13. The summed E-state index contributed by atoms with van der Waals surface area (Å²) < 4.78 is 0. The average molecular weight is 129 g/mol. The van der Waals surface area contributed by atoms with Crippen molar-refractivity contribution in [3.63, 3.8) is 0 Å². The van der Waals surface area contributed by atoms with Crippen molar-refractivity contribution in [1.29, 1.82) is 5.26 Å². The highest BCUT2D eigenvalue weighted by Gasteiger charge is 2.25. The summed E-state index contributed by atoms with van der Waals surface area (Å²) in [5.41, 5.74) is -1.09. The molecular weight excluding hydrogens is 118 g/mol. The molecule has 3 nitrogen and oxygen atoms in total. The molecule has 9 heavy (non-hydrogen) atoms. The Morgan fingerprint density at radius 3 is 2.11 bits per heavy atom. The maximum atomic E-state index is 9.09. The smallest absolute Gasteiger partial charge is 0.0975 e. The molecule has 0 spiro atoms. The Balaban J connectivity index is 4.00. The van der Waals surface area contributed by atoms with Gasteiger partial charge in [-0.05, 0) is 13.8 Å². The van der Waals surface area contributed by atoms with Crippen molar-refractivity contribution in [2.75, 3.05) is 6.61 Å². The van der Waals surface area contributed by atoms with E-state index in [0.29, 0.717) is 0 Å². The van der Waals surface area contributed by atoms with Crippen LogP contribution in [0.3, 0.4) is 0 Å². The lowest BCUT2D eigenvalue weighted by Crippen LogP contribution is -2.32. The number of rotatable bonds is 2. The van der Waals surface area contributed by atoms with E-state index >= 15 is 0 Å². The lowest BCUT2D eigenvalue weighted by atomic mass is 9.93. The summed E-state index contributed by atoms with van der Waals surface area (Å²) in [5, 5.41) is 25.9. The minimum absolute atomic E-state index is 0.292. The van der Waals surface area contributed by atoms with E-state index < -0.39 is 11.5 Å². The van der Waals surface area contributed by atoms with E-state index in [2.05, 4.69) is 0 Å². The van der Waals surface area contributed by atoms with Crippen LogP contribution in [0.2, 0.25) is 0 Å². The molecule has 0 bridgehead atoms. The van der Waals surface area contributed by atoms with Crippen LogP contribution in [0.1, 0.15) is 13.8 Å². The van der Waals surface area contributed by atoms with Crippen molar-refractivity contribution in [3.05, 3.63) is 0 Å². The van der Waals surface area contributed by atoms with E-state index in [-0.39, 0.29) is 6.61 Å². The fourth-order valence-corrected chi connectivity index (χ4v) is 0.422. The van der Waals surface area contributed by atoms with E-state index in [9.17, 15) is 0 Å². The van der Waals surface area contributed by atoms with Gasteiger partial charge < -0.3 is 10.2 Å². The normalized spacial score (nSPS) is 14.6. The Kier molecular flexibility index (Phi) is 2.63. The van der Waals surface area contributed by atoms with Gasteiger partial charge in [0.15, 0.2) is 0 Å². The van der Waals surface area contributed by atoms with Gasteiger partial charge in [-0.3, -0.25) is 0 Å². The minimum Gasteiger partial charge on any atom is -0.395 e. The van der Waals surface area contributed by atoms with Gasteiger partial charge in [0, 0.05) is 0 Å². The molecule has 1 unspecified atom stereocenters. The first kappa shape index (κ1) is 8.41. The van der Waals surface area contributed by atoms with Crippen LogP contribution in [0.25, 0.3) is 0 Å². The molecule has 0 rings (SSSR count). The van der Waals surface area contributed by atoms with Crippen molar-refractivity contribution in [3.8, 4) is 6.07 Å². The minimum atomic E-state index is -1.09. The molecule has 3 heteroatoms. The first-order valence-electron chi connectivity index (χ1n) is 2.75. The van der Waals surface area contributed by atoms with Gasteiger partial charge in [0.2, 0.25) is 0 Å². The average Bonchev–Trinajstić information content (AvgIpc) is 1.65. The van der Waals surface area contributed by atoms with Crippen molar-refractivity contribution < 1.29 is 10.2 Å². The summed E-state index contributed by atoms with van der Waals surface area (Å²) in [6.07, 6.45) is 0. The number of aliphatic hydroxyl groups excluding tert-OH is 1. The number of aliphatic hydroxyl groups is 2. The van der Waals surface area contributed by atoms with E-state index in [0.717, 1.165) is 0 Å². The highest BCUT2D eigenvalue weighted by molar-refractivity contribution is 4.92. The van der Waals surface area contributed by atoms with Gasteiger partial charge in [-0.25, -0.2) is 0 Å². The topological polar surface area (TPSA) is 64.2 Å². The summed E-state index contributed by atoms with van der Waals surface area (Å²) in [6, 6.07) is 1.79. The predicted molar refractivity (Wildman–Crippen MR) is 32.5 cm³/mol. The van der Waals surface area contributed by atoms with Crippen LogP contribution in [0.4, 0.5) is 0 Å². The monoisotopic (exact) mass is 129 g/mol. The number of nitriles is 1. The number of hydrogen-bond donors (Lipinski definition) is 2. The molecule has 0 aromatic heterocycles. The van der Waals surface area contributed by atoms with E-state index in [1.54, 1.807) is 6.07 Å². The van der Waals surface area contributed by atoms with Crippen LogP contribution in [-0.4, -0.2) is 22.4 Å². The molecule has 2 N–H and O–H groups in total. The van der Waals surface area contributed by atoms with Gasteiger partial charge in [0.05, 0.1) is 24.2 Å². The fraction of sp³-hybridized carbons (Fsp3) is 0.833. The third-order valence-electron chi connectivity index (χ3n) is 1.19. The summed E-state index contributed by atoms with van der Waals surface area (Å²) in [7, 11) is 0. The summed E-state index contributed by atoms with van der Waals surface area (Å²) >= 11 is 0. The third kappa shape index (κ3) is 2.45. The second-order valence-corrected chi connectivity index (χ2v) is 2.52. The highest BCUT2D eigenvalue weighted by atomic mass is 16.3. The predicted octanol–water partition coefficient (Wildman–Crippen LogP) is -0.111. The molecule has 0 saturated carbocycles. The van der Waals surface area contributed by atoms with Gasteiger partial charge in [-0.2, -0.15) is 5.26 Å². The molecule has 0 aliphatic carbocycles. The molecule has 0 heterocycles. The Bertz CT molecular complexity index is 120. The van der Waals surface area contributed by atoms with Crippen molar-refractivity contribution in [1.82, 2.24) is 0 Å². The number of hydrogen-bond acceptors (Lipinski definition) is 3. The van der Waals surface area contributed by atoms with Gasteiger partial charge in [0.25, 0.3) is 0 Å². The van der Waals surface area contributed by atoms with E-state index in [1.165, 1.54) is 13.8 Å². The SMILES string of the molecule is CC(C)(O)C(C#N)CO. The standard InChI is InChI=1S/C6H11NO2/c1-6(2,9)5(3-7)4-8/h5,8-9H,4H2,1-2H3. The maximum absolute atomic E-state index is 9.09. The lowest BCUT2D eigenvalue weighted by molar-refractivity contribution is 0.0166. The molecule has 0 aromatic carbocycles. The van der Waals surface area contributed by atoms with Crippen LogP contribution >= 0.6 is 0 Å².